The van der Waals surface area contributed by atoms with E-state index in [1.54, 1.807) is 0 Å². The van der Waals surface area contributed by atoms with E-state index in [2.05, 4.69) is 10.3 Å². The van der Waals surface area contributed by atoms with Gasteiger partial charge >= 0.3 is 0 Å². The standard InChI is InChI=1S/C18H22N2O3S/c1-5-13-11(2)24-17(19-13)20-15(21)10-22-14-8-6-7-12-9-18(3,4)23-16(12)14/h6-8H,5,9-10H2,1-4H3,(H,19,20,21). The second-order valence-corrected chi connectivity index (χ2v) is 7.70. The molecule has 24 heavy (non-hydrogen) atoms. The first-order valence-corrected chi connectivity index (χ1v) is 8.89. The number of nitrogens with zero attached hydrogens (tertiary/aromatic N) is 1. The van der Waals surface area contributed by atoms with E-state index in [9.17, 15) is 4.79 Å². The molecule has 1 aromatic heterocycles. The van der Waals surface area contributed by atoms with Gasteiger partial charge in [0.05, 0.1) is 5.69 Å². The third kappa shape index (κ3) is 3.53. The van der Waals surface area contributed by atoms with E-state index >= 15 is 0 Å². The third-order valence-electron chi connectivity index (χ3n) is 3.89. The van der Waals surface area contributed by atoms with Crippen LogP contribution in [-0.4, -0.2) is 23.1 Å². The minimum absolute atomic E-state index is 0.0691. The van der Waals surface area contributed by atoms with Crippen LogP contribution in [-0.2, 0) is 17.6 Å². The van der Waals surface area contributed by atoms with Crippen LogP contribution in [0.3, 0.4) is 0 Å². The van der Waals surface area contributed by atoms with Gasteiger partial charge in [0.25, 0.3) is 5.91 Å². The van der Waals surface area contributed by atoms with Gasteiger partial charge in [0.15, 0.2) is 23.2 Å². The predicted molar refractivity (Wildman–Crippen MR) is 95.2 cm³/mol. The normalized spacial score (nSPS) is 14.8. The van der Waals surface area contributed by atoms with E-state index in [4.69, 9.17) is 9.47 Å². The van der Waals surface area contributed by atoms with Gasteiger partial charge in [0.2, 0.25) is 0 Å². The van der Waals surface area contributed by atoms with Crippen LogP contribution in [0.4, 0.5) is 5.13 Å². The second kappa shape index (κ2) is 6.43. The van der Waals surface area contributed by atoms with Crippen LogP contribution >= 0.6 is 11.3 Å². The summed E-state index contributed by atoms with van der Waals surface area (Å²) in [5.41, 5.74) is 1.90. The summed E-state index contributed by atoms with van der Waals surface area (Å²) < 4.78 is 11.6. The Morgan fingerprint density at radius 2 is 2.25 bits per heavy atom. The van der Waals surface area contributed by atoms with Crippen molar-refractivity contribution in [2.75, 3.05) is 11.9 Å². The molecule has 0 fully saturated rings. The number of rotatable bonds is 5. The molecule has 0 aliphatic carbocycles. The first-order valence-electron chi connectivity index (χ1n) is 8.08. The third-order valence-corrected chi connectivity index (χ3v) is 4.82. The molecule has 128 valence electrons. The molecule has 1 amide bonds. The van der Waals surface area contributed by atoms with Gasteiger partial charge < -0.3 is 9.47 Å². The van der Waals surface area contributed by atoms with E-state index in [1.165, 1.54) is 11.3 Å². The monoisotopic (exact) mass is 346 g/mol. The number of ether oxygens (including phenoxy) is 2. The number of fused-ring (bicyclic) bond motifs is 1. The van der Waals surface area contributed by atoms with Gasteiger partial charge in [-0.05, 0) is 33.3 Å². The summed E-state index contributed by atoms with van der Waals surface area (Å²) in [5.74, 6) is 1.13. The molecule has 2 aromatic rings. The zero-order valence-electron chi connectivity index (χ0n) is 14.4. The number of hydrogen-bond acceptors (Lipinski definition) is 5. The minimum Gasteiger partial charge on any atom is -0.483 e. The Balaban J connectivity index is 1.62. The highest BCUT2D eigenvalue weighted by atomic mass is 32.1. The van der Waals surface area contributed by atoms with Crippen LogP contribution in [0.1, 0.15) is 36.9 Å². The topological polar surface area (TPSA) is 60.5 Å². The lowest BCUT2D eigenvalue weighted by Crippen LogP contribution is -2.25. The quantitative estimate of drug-likeness (QED) is 0.896. The van der Waals surface area contributed by atoms with Crippen LogP contribution < -0.4 is 14.8 Å². The van der Waals surface area contributed by atoms with Crippen LogP contribution in [0, 0.1) is 6.92 Å². The van der Waals surface area contributed by atoms with Crippen molar-refractivity contribution in [3.63, 3.8) is 0 Å². The van der Waals surface area contributed by atoms with Gasteiger partial charge in [0, 0.05) is 16.9 Å². The molecule has 1 aromatic carbocycles. The van der Waals surface area contributed by atoms with Gasteiger partial charge in [-0.25, -0.2) is 4.98 Å². The second-order valence-electron chi connectivity index (χ2n) is 6.50. The number of carbonyl (C=O) groups excluding carboxylic acids is 1. The van der Waals surface area contributed by atoms with Gasteiger partial charge in [-0.3, -0.25) is 10.1 Å². The number of benzene rings is 1. The van der Waals surface area contributed by atoms with Crippen molar-refractivity contribution in [2.45, 2.75) is 46.1 Å². The number of anilines is 1. The Morgan fingerprint density at radius 1 is 1.46 bits per heavy atom. The van der Waals surface area contributed by atoms with Crippen LogP contribution in [0.2, 0.25) is 0 Å². The molecule has 0 bridgehead atoms. The SMILES string of the molecule is CCc1nc(NC(=O)COc2cccc3c2OC(C)(C)C3)sc1C. The Morgan fingerprint density at radius 3 is 2.96 bits per heavy atom. The molecule has 0 saturated heterocycles. The van der Waals surface area contributed by atoms with Crippen molar-refractivity contribution in [1.82, 2.24) is 4.98 Å². The maximum Gasteiger partial charge on any atom is 0.264 e. The fourth-order valence-electron chi connectivity index (χ4n) is 2.81. The van der Waals surface area contributed by atoms with Gasteiger partial charge in [-0.1, -0.05) is 19.1 Å². The van der Waals surface area contributed by atoms with Gasteiger partial charge in [-0.2, -0.15) is 0 Å². The lowest BCUT2D eigenvalue weighted by atomic mass is 10.0. The largest absolute Gasteiger partial charge is 0.483 e. The maximum atomic E-state index is 12.1. The highest BCUT2D eigenvalue weighted by molar-refractivity contribution is 7.15. The molecular weight excluding hydrogens is 324 g/mol. The number of carbonyl (C=O) groups is 1. The van der Waals surface area contributed by atoms with E-state index < -0.39 is 0 Å². The van der Waals surface area contributed by atoms with E-state index in [0.29, 0.717) is 10.9 Å². The molecule has 6 heteroatoms. The van der Waals surface area contributed by atoms with E-state index in [0.717, 1.165) is 34.7 Å². The molecule has 1 aliphatic heterocycles. The summed E-state index contributed by atoms with van der Waals surface area (Å²) in [6.45, 7) is 8.07. The maximum absolute atomic E-state index is 12.1. The fraction of sp³-hybridized carbons (Fsp3) is 0.444. The van der Waals surface area contributed by atoms with Crippen molar-refractivity contribution >= 4 is 22.4 Å². The van der Waals surface area contributed by atoms with Gasteiger partial charge in [-0.15, -0.1) is 11.3 Å². The van der Waals surface area contributed by atoms with Crippen molar-refractivity contribution in [2.24, 2.45) is 0 Å². The number of aromatic nitrogens is 1. The highest BCUT2D eigenvalue weighted by Gasteiger charge is 2.32. The number of para-hydroxylation sites is 1. The minimum atomic E-state index is -0.237. The average Bonchev–Trinajstić information content (AvgIpc) is 3.02. The molecular formula is C18H22N2O3S. The van der Waals surface area contributed by atoms with E-state index in [-0.39, 0.29) is 18.1 Å². The first kappa shape index (κ1) is 16.8. The summed E-state index contributed by atoms with van der Waals surface area (Å²) in [7, 11) is 0. The summed E-state index contributed by atoms with van der Waals surface area (Å²) in [5, 5.41) is 3.41. The van der Waals surface area contributed by atoms with Crippen molar-refractivity contribution in [1.29, 1.82) is 0 Å². The Bertz CT molecular complexity index is 768. The predicted octanol–water partition coefficient (Wildman–Crippen LogP) is 3.74. The van der Waals surface area contributed by atoms with Crippen LogP contribution in [0.5, 0.6) is 11.5 Å². The Kier molecular flexibility index (Phi) is 4.49. The van der Waals surface area contributed by atoms with E-state index in [1.807, 2.05) is 45.9 Å². The zero-order chi connectivity index (χ0) is 17.3. The van der Waals surface area contributed by atoms with Crippen molar-refractivity contribution < 1.29 is 14.3 Å². The molecule has 3 rings (SSSR count). The van der Waals surface area contributed by atoms with Crippen LogP contribution in [0.15, 0.2) is 18.2 Å². The molecule has 1 N–H and O–H groups in total. The number of hydrogen-bond donors (Lipinski definition) is 1. The van der Waals surface area contributed by atoms with Crippen molar-refractivity contribution in [3.05, 3.63) is 34.3 Å². The summed E-state index contributed by atoms with van der Waals surface area (Å²) in [4.78, 5) is 17.6. The molecule has 0 unspecified atom stereocenters. The number of amides is 1. The zero-order valence-corrected chi connectivity index (χ0v) is 15.3. The lowest BCUT2D eigenvalue weighted by Gasteiger charge is -2.18. The molecule has 0 spiro atoms. The lowest BCUT2D eigenvalue weighted by molar-refractivity contribution is -0.118. The highest BCUT2D eigenvalue weighted by Crippen LogP contribution is 2.41. The molecule has 2 heterocycles. The molecule has 5 nitrogen and oxygen atoms in total. The number of thiazole rings is 1. The summed E-state index contributed by atoms with van der Waals surface area (Å²) >= 11 is 1.49. The van der Waals surface area contributed by atoms with Gasteiger partial charge in [0.1, 0.15) is 5.60 Å². The molecule has 0 radical (unpaired) electrons. The molecule has 1 aliphatic rings. The van der Waals surface area contributed by atoms with Crippen LogP contribution in [0.25, 0.3) is 0 Å². The molecule has 0 saturated carbocycles. The average molecular weight is 346 g/mol. The summed E-state index contributed by atoms with van der Waals surface area (Å²) in [6, 6.07) is 5.78. The Labute approximate surface area is 146 Å². The first-order chi connectivity index (χ1) is 11.4. The fourth-order valence-corrected chi connectivity index (χ4v) is 3.73. The summed E-state index contributed by atoms with van der Waals surface area (Å²) in [6.07, 6.45) is 1.70. The Hall–Kier alpha value is -2.08. The number of nitrogens with one attached hydrogen (secondary N) is 1. The smallest absolute Gasteiger partial charge is 0.264 e. The van der Waals surface area contributed by atoms with Crippen molar-refractivity contribution in [3.8, 4) is 11.5 Å². The molecule has 0 atom stereocenters. The number of aryl methyl sites for hydroxylation is 2.